The van der Waals surface area contributed by atoms with Crippen molar-refractivity contribution in [2.75, 3.05) is 26.3 Å². The Kier molecular flexibility index (Phi) is 9.17. The summed E-state index contributed by atoms with van der Waals surface area (Å²) in [5, 5.41) is 3.04. The summed E-state index contributed by atoms with van der Waals surface area (Å²) >= 11 is 0. The van der Waals surface area contributed by atoms with Crippen LogP contribution in [-0.2, 0) is 22.6 Å². The first kappa shape index (κ1) is 22.2. The third-order valence-electron chi connectivity index (χ3n) is 4.99. The SMILES string of the molecule is Cl.Cl.NC1(C(=O)NCc2ccccc2CN2CCCC2)CCOCC1. The fourth-order valence-corrected chi connectivity index (χ4v) is 3.38. The highest BCUT2D eigenvalue weighted by atomic mass is 35.5. The number of nitrogens with zero attached hydrogens (tertiary/aromatic N) is 1. The van der Waals surface area contributed by atoms with Crippen molar-refractivity contribution in [2.24, 2.45) is 5.73 Å². The topological polar surface area (TPSA) is 67.6 Å². The number of ether oxygens (including phenoxy) is 1. The monoisotopic (exact) mass is 389 g/mol. The van der Waals surface area contributed by atoms with Gasteiger partial charge < -0.3 is 15.8 Å². The van der Waals surface area contributed by atoms with E-state index in [4.69, 9.17) is 10.5 Å². The van der Waals surface area contributed by atoms with Gasteiger partial charge in [0.25, 0.3) is 0 Å². The van der Waals surface area contributed by atoms with Gasteiger partial charge in [-0.25, -0.2) is 0 Å². The van der Waals surface area contributed by atoms with Gasteiger partial charge in [-0.3, -0.25) is 9.69 Å². The zero-order valence-corrected chi connectivity index (χ0v) is 16.2. The van der Waals surface area contributed by atoms with Crippen molar-refractivity contribution in [1.29, 1.82) is 0 Å². The third kappa shape index (κ3) is 5.83. The van der Waals surface area contributed by atoms with Crippen LogP contribution < -0.4 is 11.1 Å². The van der Waals surface area contributed by atoms with Crippen LogP contribution in [0.3, 0.4) is 0 Å². The Balaban J connectivity index is 0.00000156. The number of nitrogens with two attached hydrogens (primary N) is 1. The predicted molar refractivity (Wildman–Crippen MR) is 104 cm³/mol. The number of carbonyl (C=O) groups excluding carboxylic acids is 1. The van der Waals surface area contributed by atoms with Crippen molar-refractivity contribution < 1.29 is 9.53 Å². The van der Waals surface area contributed by atoms with Gasteiger partial charge in [-0.05, 0) is 49.9 Å². The number of nitrogens with one attached hydrogen (secondary N) is 1. The van der Waals surface area contributed by atoms with Crippen LogP contribution in [0.5, 0.6) is 0 Å². The molecule has 0 unspecified atom stereocenters. The maximum atomic E-state index is 12.4. The fourth-order valence-electron chi connectivity index (χ4n) is 3.38. The van der Waals surface area contributed by atoms with Crippen LogP contribution in [-0.4, -0.2) is 42.6 Å². The van der Waals surface area contributed by atoms with Crippen LogP contribution in [0.25, 0.3) is 0 Å². The number of halogens is 2. The van der Waals surface area contributed by atoms with Crippen molar-refractivity contribution in [3.63, 3.8) is 0 Å². The van der Waals surface area contributed by atoms with Gasteiger partial charge in [0, 0.05) is 26.3 Å². The molecule has 5 nitrogen and oxygen atoms in total. The summed E-state index contributed by atoms with van der Waals surface area (Å²) in [6, 6.07) is 8.35. The number of likely N-dealkylation sites (tertiary alicyclic amines) is 1. The largest absolute Gasteiger partial charge is 0.381 e. The molecule has 0 saturated carbocycles. The Morgan fingerprint density at radius 2 is 1.72 bits per heavy atom. The standard InChI is InChI=1S/C18H27N3O2.2ClH/c19-18(7-11-23-12-8-18)17(22)20-13-15-5-1-2-6-16(15)14-21-9-3-4-10-21;;/h1-2,5-6H,3-4,7-14,19H2,(H,20,22);2*1H. The minimum absolute atomic E-state index is 0. The van der Waals surface area contributed by atoms with Crippen LogP contribution in [0.2, 0.25) is 0 Å². The summed E-state index contributed by atoms with van der Waals surface area (Å²) in [7, 11) is 0. The second-order valence-electron chi connectivity index (χ2n) is 6.70. The highest BCUT2D eigenvalue weighted by Crippen LogP contribution is 2.19. The van der Waals surface area contributed by atoms with E-state index in [1.54, 1.807) is 0 Å². The first-order valence-electron chi connectivity index (χ1n) is 8.61. The molecule has 3 rings (SSSR count). The predicted octanol–water partition coefficient (Wildman–Crippen LogP) is 2.25. The van der Waals surface area contributed by atoms with Crippen molar-refractivity contribution >= 4 is 30.7 Å². The number of hydrogen-bond acceptors (Lipinski definition) is 4. The van der Waals surface area contributed by atoms with E-state index in [9.17, 15) is 4.79 Å². The number of rotatable bonds is 5. The average molecular weight is 390 g/mol. The number of hydrogen-bond donors (Lipinski definition) is 2. The molecular formula is C18H29Cl2N3O2. The van der Waals surface area contributed by atoms with Gasteiger partial charge >= 0.3 is 0 Å². The molecule has 1 aromatic rings. The molecule has 0 radical (unpaired) electrons. The lowest BCUT2D eigenvalue weighted by Crippen LogP contribution is -2.56. The fraction of sp³-hybridized carbons (Fsp3) is 0.611. The van der Waals surface area contributed by atoms with E-state index in [0.29, 0.717) is 32.6 Å². The molecule has 0 aliphatic carbocycles. The molecule has 2 heterocycles. The van der Waals surface area contributed by atoms with E-state index in [2.05, 4.69) is 28.4 Å². The lowest BCUT2D eigenvalue weighted by atomic mass is 9.90. The molecule has 2 aliphatic rings. The van der Waals surface area contributed by atoms with E-state index >= 15 is 0 Å². The first-order valence-corrected chi connectivity index (χ1v) is 8.61. The lowest BCUT2D eigenvalue weighted by molar-refractivity contribution is -0.129. The van der Waals surface area contributed by atoms with E-state index < -0.39 is 5.54 Å². The second kappa shape index (κ2) is 10.3. The zero-order chi connectivity index (χ0) is 16.1. The molecule has 3 N–H and O–H groups in total. The van der Waals surface area contributed by atoms with Crippen LogP contribution >= 0.6 is 24.8 Å². The molecular weight excluding hydrogens is 361 g/mol. The third-order valence-corrected chi connectivity index (χ3v) is 4.99. The molecule has 7 heteroatoms. The van der Waals surface area contributed by atoms with Crippen molar-refractivity contribution in [1.82, 2.24) is 10.2 Å². The van der Waals surface area contributed by atoms with Gasteiger partial charge in [0.05, 0.1) is 5.54 Å². The Morgan fingerprint density at radius 3 is 2.36 bits per heavy atom. The van der Waals surface area contributed by atoms with Crippen molar-refractivity contribution in [2.45, 2.75) is 44.3 Å². The molecule has 2 saturated heterocycles. The highest BCUT2D eigenvalue weighted by Gasteiger charge is 2.35. The Morgan fingerprint density at radius 1 is 1.12 bits per heavy atom. The van der Waals surface area contributed by atoms with Crippen molar-refractivity contribution in [3.05, 3.63) is 35.4 Å². The quantitative estimate of drug-likeness (QED) is 0.810. The average Bonchev–Trinajstić information content (AvgIpc) is 3.07. The lowest BCUT2D eigenvalue weighted by Gasteiger charge is -2.32. The van der Waals surface area contributed by atoms with Gasteiger partial charge in [0.15, 0.2) is 0 Å². The van der Waals surface area contributed by atoms with Gasteiger partial charge in [-0.2, -0.15) is 0 Å². The molecule has 1 aromatic carbocycles. The van der Waals surface area contributed by atoms with Crippen LogP contribution in [0.4, 0.5) is 0 Å². The summed E-state index contributed by atoms with van der Waals surface area (Å²) in [5.41, 5.74) is 7.94. The van der Waals surface area contributed by atoms with Gasteiger partial charge in [0.1, 0.15) is 0 Å². The summed E-state index contributed by atoms with van der Waals surface area (Å²) in [6.45, 7) is 4.99. The zero-order valence-electron chi connectivity index (χ0n) is 14.5. The Hall–Kier alpha value is -0.850. The summed E-state index contributed by atoms with van der Waals surface area (Å²) < 4.78 is 5.31. The maximum absolute atomic E-state index is 12.4. The number of carbonyl (C=O) groups is 1. The van der Waals surface area contributed by atoms with E-state index in [1.807, 2.05) is 6.07 Å². The summed E-state index contributed by atoms with van der Waals surface area (Å²) in [6.07, 6.45) is 3.76. The van der Waals surface area contributed by atoms with Crippen LogP contribution in [0.15, 0.2) is 24.3 Å². The minimum Gasteiger partial charge on any atom is -0.381 e. The molecule has 2 fully saturated rings. The molecule has 142 valence electrons. The molecule has 0 atom stereocenters. The smallest absolute Gasteiger partial charge is 0.240 e. The van der Waals surface area contributed by atoms with E-state index in [-0.39, 0.29) is 30.7 Å². The minimum atomic E-state index is -0.776. The van der Waals surface area contributed by atoms with Gasteiger partial charge in [-0.15, -0.1) is 24.8 Å². The molecule has 2 aliphatic heterocycles. The van der Waals surface area contributed by atoms with Crippen LogP contribution in [0.1, 0.15) is 36.8 Å². The molecule has 1 amide bonds. The van der Waals surface area contributed by atoms with E-state index in [1.165, 1.54) is 37.1 Å². The number of benzene rings is 1. The molecule has 0 spiro atoms. The Labute approximate surface area is 162 Å². The second-order valence-corrected chi connectivity index (χ2v) is 6.70. The highest BCUT2D eigenvalue weighted by molar-refractivity contribution is 5.86. The van der Waals surface area contributed by atoms with Gasteiger partial charge in [-0.1, -0.05) is 24.3 Å². The molecule has 0 aromatic heterocycles. The van der Waals surface area contributed by atoms with Crippen LogP contribution in [0, 0.1) is 0 Å². The Bertz CT molecular complexity index is 545. The van der Waals surface area contributed by atoms with E-state index in [0.717, 1.165) is 6.54 Å². The van der Waals surface area contributed by atoms with Gasteiger partial charge in [0.2, 0.25) is 5.91 Å². The maximum Gasteiger partial charge on any atom is 0.240 e. The van der Waals surface area contributed by atoms with Crippen molar-refractivity contribution in [3.8, 4) is 0 Å². The molecule has 0 bridgehead atoms. The number of amides is 1. The first-order chi connectivity index (χ1) is 11.2. The normalized spacial score (nSPS) is 19.6. The molecule has 25 heavy (non-hydrogen) atoms. The summed E-state index contributed by atoms with van der Waals surface area (Å²) in [5.74, 6) is -0.0585. The summed E-state index contributed by atoms with van der Waals surface area (Å²) in [4.78, 5) is 14.9.